The summed E-state index contributed by atoms with van der Waals surface area (Å²) in [6.45, 7) is 19.7. The fraction of sp³-hybridized carbons (Fsp3) is 0.750. The van der Waals surface area contributed by atoms with Gasteiger partial charge in [-0.25, -0.2) is 9.59 Å². The summed E-state index contributed by atoms with van der Waals surface area (Å²) in [5, 5.41) is 0. The zero-order valence-corrected chi connectivity index (χ0v) is 20.8. The van der Waals surface area contributed by atoms with Crippen LogP contribution in [0.2, 0.25) is 0 Å². The van der Waals surface area contributed by atoms with Crippen molar-refractivity contribution in [1.82, 2.24) is 0 Å². The molecule has 0 N–H and O–H groups in total. The maximum atomic E-state index is 11.4. The van der Waals surface area contributed by atoms with Gasteiger partial charge in [0, 0.05) is 17.8 Å². The Bertz CT molecular complexity index is 599. The van der Waals surface area contributed by atoms with Crippen molar-refractivity contribution in [3.63, 3.8) is 0 Å². The molecule has 8 heteroatoms. The first-order chi connectivity index (χ1) is 14.9. The molecule has 1 atom stereocenters. The predicted octanol–water partition coefficient (Wildman–Crippen LogP) is 4.32. The third kappa shape index (κ3) is 15.1. The number of ether oxygens (including phenoxy) is 6. The first-order valence-electron chi connectivity index (χ1n) is 11.1. The van der Waals surface area contributed by atoms with Crippen LogP contribution in [0, 0.1) is 0 Å². The second kappa shape index (κ2) is 16.0. The normalized spacial score (nSPS) is 13.3. The van der Waals surface area contributed by atoms with Gasteiger partial charge >= 0.3 is 11.9 Å². The van der Waals surface area contributed by atoms with Crippen molar-refractivity contribution in [2.24, 2.45) is 0 Å². The molecule has 0 spiro atoms. The number of hydrogen-bond donors (Lipinski definition) is 0. The third-order valence-corrected chi connectivity index (χ3v) is 4.47. The van der Waals surface area contributed by atoms with Gasteiger partial charge in [0.2, 0.25) is 0 Å². The van der Waals surface area contributed by atoms with Crippen LogP contribution >= 0.6 is 0 Å². The Kier molecular flexibility index (Phi) is 15.1. The van der Waals surface area contributed by atoms with Crippen LogP contribution in [-0.4, -0.2) is 63.2 Å². The zero-order valence-electron chi connectivity index (χ0n) is 20.8. The van der Waals surface area contributed by atoms with Gasteiger partial charge in [-0.2, -0.15) is 0 Å². The van der Waals surface area contributed by atoms with E-state index in [1.165, 1.54) is 0 Å². The molecule has 8 nitrogen and oxygen atoms in total. The molecule has 0 aromatic carbocycles. The standard InChI is InChI=1S/C24H42O8/c1-9-24(8,32-18-16-28-22(26)20(4)5)31-14-12-10-11-13-29-23(6,7)30-17-15-27-21(25)19(2)3/h2,4,9-18H2,1,3,5-8H3. The summed E-state index contributed by atoms with van der Waals surface area (Å²) < 4.78 is 33.0. The predicted molar refractivity (Wildman–Crippen MR) is 122 cm³/mol. The smallest absolute Gasteiger partial charge is 0.333 e. The van der Waals surface area contributed by atoms with Gasteiger partial charge in [0.1, 0.15) is 13.2 Å². The molecule has 32 heavy (non-hydrogen) atoms. The van der Waals surface area contributed by atoms with Crippen molar-refractivity contribution >= 4 is 11.9 Å². The van der Waals surface area contributed by atoms with E-state index in [0.717, 1.165) is 19.3 Å². The molecule has 0 saturated carbocycles. The highest BCUT2D eigenvalue weighted by Crippen LogP contribution is 2.18. The van der Waals surface area contributed by atoms with E-state index >= 15 is 0 Å². The van der Waals surface area contributed by atoms with Gasteiger partial charge in [0.15, 0.2) is 11.6 Å². The lowest BCUT2D eigenvalue weighted by atomic mass is 10.2. The van der Waals surface area contributed by atoms with E-state index in [2.05, 4.69) is 13.2 Å². The zero-order chi connectivity index (χ0) is 24.6. The van der Waals surface area contributed by atoms with Gasteiger partial charge in [0.05, 0.1) is 19.8 Å². The molecule has 0 saturated heterocycles. The number of rotatable bonds is 19. The lowest BCUT2D eigenvalue weighted by molar-refractivity contribution is -0.232. The lowest BCUT2D eigenvalue weighted by Gasteiger charge is -2.29. The van der Waals surface area contributed by atoms with E-state index < -0.39 is 23.5 Å². The Hall–Kier alpha value is -1.74. The van der Waals surface area contributed by atoms with Crippen LogP contribution in [0.3, 0.4) is 0 Å². The van der Waals surface area contributed by atoms with Crippen molar-refractivity contribution < 1.29 is 38.0 Å². The average molecular weight is 459 g/mol. The molecule has 0 aliphatic heterocycles. The Labute approximate surface area is 193 Å². The third-order valence-electron chi connectivity index (χ3n) is 4.47. The van der Waals surface area contributed by atoms with Gasteiger partial charge < -0.3 is 28.4 Å². The Balaban J connectivity index is 3.87. The molecule has 0 radical (unpaired) electrons. The van der Waals surface area contributed by atoms with Crippen LogP contribution in [0.15, 0.2) is 24.3 Å². The molecule has 0 aliphatic rings. The lowest BCUT2D eigenvalue weighted by Crippen LogP contribution is -2.33. The highest BCUT2D eigenvalue weighted by molar-refractivity contribution is 5.87. The summed E-state index contributed by atoms with van der Waals surface area (Å²) in [6, 6.07) is 0. The van der Waals surface area contributed by atoms with E-state index in [4.69, 9.17) is 28.4 Å². The van der Waals surface area contributed by atoms with Crippen LogP contribution < -0.4 is 0 Å². The minimum absolute atomic E-state index is 0.157. The highest BCUT2D eigenvalue weighted by atomic mass is 16.7. The van der Waals surface area contributed by atoms with Crippen LogP contribution in [0.25, 0.3) is 0 Å². The quantitative estimate of drug-likeness (QED) is 0.122. The first kappa shape index (κ1) is 30.3. The molecule has 0 aliphatic carbocycles. The molecular formula is C24H42O8. The minimum Gasteiger partial charge on any atom is -0.460 e. The average Bonchev–Trinajstić information content (AvgIpc) is 2.73. The molecule has 0 bridgehead atoms. The maximum absolute atomic E-state index is 11.4. The molecule has 186 valence electrons. The summed E-state index contributed by atoms with van der Waals surface area (Å²) >= 11 is 0. The van der Waals surface area contributed by atoms with Crippen LogP contribution in [0.1, 0.15) is 67.2 Å². The molecule has 1 unspecified atom stereocenters. The summed E-state index contributed by atoms with van der Waals surface area (Å²) in [4.78, 5) is 22.7. The molecule has 0 aromatic rings. The first-order valence-corrected chi connectivity index (χ1v) is 11.1. The van der Waals surface area contributed by atoms with E-state index in [1.54, 1.807) is 13.8 Å². The Morgan fingerprint density at radius 2 is 1.06 bits per heavy atom. The molecule has 0 fully saturated rings. The minimum atomic E-state index is -0.756. The number of hydrogen-bond acceptors (Lipinski definition) is 8. The van der Waals surface area contributed by atoms with Gasteiger partial charge in [0.25, 0.3) is 0 Å². The number of esters is 2. The van der Waals surface area contributed by atoms with Gasteiger partial charge in [-0.05, 0) is 60.3 Å². The summed E-state index contributed by atoms with van der Waals surface area (Å²) in [6.07, 6.45) is 3.34. The second-order valence-corrected chi connectivity index (χ2v) is 8.17. The largest absolute Gasteiger partial charge is 0.460 e. The van der Waals surface area contributed by atoms with Crippen molar-refractivity contribution in [3.8, 4) is 0 Å². The van der Waals surface area contributed by atoms with Crippen LogP contribution in [0.4, 0.5) is 0 Å². The van der Waals surface area contributed by atoms with Gasteiger partial charge in [-0.3, -0.25) is 0 Å². The van der Waals surface area contributed by atoms with Gasteiger partial charge in [-0.15, -0.1) is 0 Å². The molecule has 0 amide bonds. The van der Waals surface area contributed by atoms with Crippen molar-refractivity contribution in [1.29, 1.82) is 0 Å². The molecule has 0 aromatic heterocycles. The van der Waals surface area contributed by atoms with Crippen LogP contribution in [0.5, 0.6) is 0 Å². The molecule has 0 heterocycles. The van der Waals surface area contributed by atoms with Crippen LogP contribution in [-0.2, 0) is 38.0 Å². The molecular weight excluding hydrogens is 416 g/mol. The van der Waals surface area contributed by atoms with Crippen molar-refractivity contribution in [3.05, 3.63) is 24.3 Å². The maximum Gasteiger partial charge on any atom is 0.333 e. The second-order valence-electron chi connectivity index (χ2n) is 8.17. The van der Waals surface area contributed by atoms with Crippen molar-refractivity contribution in [2.45, 2.75) is 78.8 Å². The number of carbonyl (C=O) groups is 2. The van der Waals surface area contributed by atoms with E-state index in [9.17, 15) is 9.59 Å². The number of unbranched alkanes of at least 4 members (excludes halogenated alkanes) is 2. The number of carbonyl (C=O) groups excluding carboxylic acids is 2. The molecule has 0 rings (SSSR count). The van der Waals surface area contributed by atoms with Crippen molar-refractivity contribution in [2.75, 3.05) is 39.6 Å². The summed E-state index contributed by atoms with van der Waals surface area (Å²) in [5.74, 6) is -2.32. The highest BCUT2D eigenvalue weighted by Gasteiger charge is 2.23. The fourth-order valence-corrected chi connectivity index (χ4v) is 2.33. The topological polar surface area (TPSA) is 89.5 Å². The van der Waals surface area contributed by atoms with E-state index in [0.29, 0.717) is 30.8 Å². The summed E-state index contributed by atoms with van der Waals surface area (Å²) in [5.41, 5.74) is 0.724. The summed E-state index contributed by atoms with van der Waals surface area (Å²) in [7, 11) is 0. The monoisotopic (exact) mass is 458 g/mol. The Morgan fingerprint density at radius 3 is 1.53 bits per heavy atom. The Morgan fingerprint density at radius 1 is 0.656 bits per heavy atom. The van der Waals surface area contributed by atoms with Gasteiger partial charge in [-0.1, -0.05) is 20.1 Å². The van der Waals surface area contributed by atoms with E-state index in [1.807, 2.05) is 27.7 Å². The van der Waals surface area contributed by atoms with E-state index in [-0.39, 0.29) is 26.4 Å². The SMILES string of the molecule is C=C(C)C(=O)OCCOC(C)(C)OCCCCCOC(C)(CC)OCCOC(=O)C(=C)C. The fourth-order valence-electron chi connectivity index (χ4n) is 2.33.